The average molecular weight is 201 g/mol. The molecule has 1 unspecified atom stereocenters. The summed E-state index contributed by atoms with van der Waals surface area (Å²) in [5.41, 5.74) is 0. The minimum atomic E-state index is 0.688. The summed E-state index contributed by atoms with van der Waals surface area (Å²) in [6.45, 7) is 4.68. The molecule has 1 nitrogen and oxygen atoms in total. The van der Waals surface area contributed by atoms with Gasteiger partial charge in [0.15, 0.2) is 0 Å². The van der Waals surface area contributed by atoms with Crippen molar-refractivity contribution in [3.05, 3.63) is 0 Å². The monoisotopic (exact) mass is 201 g/mol. The maximum absolute atomic E-state index is 3.72. The van der Waals surface area contributed by atoms with E-state index in [1.54, 1.807) is 0 Å². The molecule has 1 aliphatic rings. The van der Waals surface area contributed by atoms with Crippen LogP contribution in [0.1, 0.15) is 39.5 Å². The van der Waals surface area contributed by atoms with E-state index >= 15 is 0 Å². The third-order valence-electron chi connectivity index (χ3n) is 2.95. The van der Waals surface area contributed by atoms with Crippen LogP contribution in [0.25, 0.3) is 0 Å². The Bertz CT molecular complexity index is 130. The molecule has 13 heavy (non-hydrogen) atoms. The lowest BCUT2D eigenvalue weighted by Crippen LogP contribution is -2.39. The maximum Gasteiger partial charge on any atom is 0.0132 e. The van der Waals surface area contributed by atoms with Crippen LogP contribution in [-0.2, 0) is 0 Å². The lowest BCUT2D eigenvalue weighted by molar-refractivity contribution is 0.296. The van der Waals surface area contributed by atoms with Crippen molar-refractivity contribution in [2.24, 2.45) is 5.92 Å². The molecule has 2 heteroatoms. The van der Waals surface area contributed by atoms with Crippen LogP contribution in [0.15, 0.2) is 0 Å². The zero-order valence-corrected chi connectivity index (χ0v) is 9.99. The van der Waals surface area contributed by atoms with E-state index in [-0.39, 0.29) is 0 Å². The van der Waals surface area contributed by atoms with Crippen molar-refractivity contribution in [2.45, 2.75) is 51.6 Å². The highest BCUT2D eigenvalue weighted by atomic mass is 32.2. The fourth-order valence-corrected chi connectivity index (χ4v) is 2.72. The van der Waals surface area contributed by atoms with E-state index in [1.165, 1.54) is 31.4 Å². The summed E-state index contributed by atoms with van der Waals surface area (Å²) in [6, 6.07) is 1.49. The highest BCUT2D eigenvalue weighted by Crippen LogP contribution is 2.23. The molecule has 0 spiro atoms. The fourth-order valence-electron chi connectivity index (χ4n) is 2.13. The van der Waals surface area contributed by atoms with Crippen LogP contribution in [0.4, 0.5) is 0 Å². The first kappa shape index (κ1) is 11.4. The molecule has 1 aliphatic carbocycles. The Morgan fingerprint density at radius 1 is 1.31 bits per heavy atom. The fraction of sp³-hybridized carbons (Fsp3) is 1.00. The molecule has 0 aromatic heterocycles. The Morgan fingerprint density at radius 2 is 1.92 bits per heavy atom. The van der Waals surface area contributed by atoms with Gasteiger partial charge in [-0.1, -0.05) is 6.92 Å². The summed E-state index contributed by atoms with van der Waals surface area (Å²) in [4.78, 5) is 0. The topological polar surface area (TPSA) is 12.0 Å². The summed E-state index contributed by atoms with van der Waals surface area (Å²) >= 11 is 1.94. The molecule has 78 valence electrons. The van der Waals surface area contributed by atoms with Crippen LogP contribution >= 0.6 is 11.8 Å². The Morgan fingerprint density at radius 3 is 2.46 bits per heavy atom. The van der Waals surface area contributed by atoms with Crippen LogP contribution in [0.3, 0.4) is 0 Å². The second-order valence-corrected chi connectivity index (χ2v) is 5.39. The molecule has 0 aromatic carbocycles. The predicted octanol–water partition coefficient (Wildman–Crippen LogP) is 2.91. The minimum Gasteiger partial charge on any atom is -0.311 e. The van der Waals surface area contributed by atoms with E-state index in [4.69, 9.17) is 0 Å². The molecule has 1 saturated carbocycles. The summed E-state index contributed by atoms with van der Waals surface area (Å²) in [5.74, 6) is 2.21. The van der Waals surface area contributed by atoms with Crippen LogP contribution in [0.5, 0.6) is 0 Å². The van der Waals surface area contributed by atoms with E-state index in [0.29, 0.717) is 6.04 Å². The first-order chi connectivity index (χ1) is 6.22. The largest absolute Gasteiger partial charge is 0.311 e. The van der Waals surface area contributed by atoms with Crippen LogP contribution < -0.4 is 5.32 Å². The zero-order valence-electron chi connectivity index (χ0n) is 9.18. The summed E-state index contributed by atoms with van der Waals surface area (Å²) in [7, 11) is 0. The van der Waals surface area contributed by atoms with E-state index in [0.717, 1.165) is 12.0 Å². The van der Waals surface area contributed by atoms with Crippen LogP contribution in [0.2, 0.25) is 0 Å². The molecule has 1 atom stereocenters. The van der Waals surface area contributed by atoms with Gasteiger partial charge in [0.25, 0.3) is 0 Å². The smallest absolute Gasteiger partial charge is 0.0132 e. The molecule has 0 aromatic rings. The molecule has 0 saturated heterocycles. The first-order valence-corrected chi connectivity index (χ1v) is 6.86. The summed E-state index contributed by atoms with van der Waals surface area (Å²) < 4.78 is 0. The van der Waals surface area contributed by atoms with Crippen LogP contribution in [0, 0.1) is 5.92 Å². The Hall–Kier alpha value is 0.310. The van der Waals surface area contributed by atoms with Crippen molar-refractivity contribution in [2.75, 3.05) is 12.0 Å². The molecule has 0 bridgehead atoms. The van der Waals surface area contributed by atoms with Gasteiger partial charge in [-0.05, 0) is 44.8 Å². The van der Waals surface area contributed by atoms with Crippen LogP contribution in [-0.4, -0.2) is 24.1 Å². The molecule has 1 N–H and O–H groups in total. The van der Waals surface area contributed by atoms with Gasteiger partial charge in [0.2, 0.25) is 0 Å². The Labute approximate surface area is 87.1 Å². The number of thioether (sulfide) groups is 1. The molecular weight excluding hydrogens is 178 g/mol. The third kappa shape index (κ3) is 4.37. The molecule has 0 heterocycles. The average Bonchev–Trinajstić information content (AvgIpc) is 2.09. The van der Waals surface area contributed by atoms with Gasteiger partial charge in [-0.2, -0.15) is 11.8 Å². The van der Waals surface area contributed by atoms with Crippen molar-refractivity contribution < 1.29 is 0 Å². The zero-order chi connectivity index (χ0) is 9.68. The van der Waals surface area contributed by atoms with E-state index < -0.39 is 0 Å². The van der Waals surface area contributed by atoms with E-state index in [2.05, 4.69) is 25.4 Å². The van der Waals surface area contributed by atoms with Gasteiger partial charge in [0, 0.05) is 17.8 Å². The number of nitrogens with one attached hydrogen (secondary N) is 1. The summed E-state index contributed by atoms with van der Waals surface area (Å²) in [6.07, 6.45) is 7.80. The van der Waals surface area contributed by atoms with E-state index in [9.17, 15) is 0 Å². The lowest BCUT2D eigenvalue weighted by Gasteiger charge is -2.29. The van der Waals surface area contributed by atoms with Gasteiger partial charge in [0.1, 0.15) is 0 Å². The highest BCUT2D eigenvalue weighted by molar-refractivity contribution is 7.98. The maximum atomic E-state index is 3.72. The Kier molecular flexibility index (Phi) is 5.18. The lowest BCUT2D eigenvalue weighted by atomic mass is 9.87. The molecule has 0 radical (unpaired) electrons. The van der Waals surface area contributed by atoms with Gasteiger partial charge in [0.05, 0.1) is 0 Å². The van der Waals surface area contributed by atoms with Crippen molar-refractivity contribution in [1.29, 1.82) is 0 Å². The SMILES string of the molecule is CSCC(C)NC1CCC(C)CC1. The normalized spacial score (nSPS) is 31.6. The molecule has 1 fully saturated rings. The molecule has 0 aliphatic heterocycles. The van der Waals surface area contributed by atoms with Gasteiger partial charge >= 0.3 is 0 Å². The molecule has 1 rings (SSSR count). The van der Waals surface area contributed by atoms with E-state index in [1.807, 2.05) is 11.8 Å². The van der Waals surface area contributed by atoms with Gasteiger partial charge in [-0.25, -0.2) is 0 Å². The second-order valence-electron chi connectivity index (χ2n) is 4.48. The minimum absolute atomic E-state index is 0.688. The van der Waals surface area contributed by atoms with Crippen molar-refractivity contribution in [1.82, 2.24) is 5.32 Å². The van der Waals surface area contributed by atoms with Gasteiger partial charge in [-0.3, -0.25) is 0 Å². The van der Waals surface area contributed by atoms with Crippen molar-refractivity contribution in [3.8, 4) is 0 Å². The Balaban J connectivity index is 2.14. The van der Waals surface area contributed by atoms with Crippen molar-refractivity contribution >= 4 is 11.8 Å². The quantitative estimate of drug-likeness (QED) is 0.750. The first-order valence-electron chi connectivity index (χ1n) is 5.47. The third-order valence-corrected chi connectivity index (χ3v) is 3.79. The molecule has 0 amide bonds. The number of hydrogen-bond acceptors (Lipinski definition) is 2. The predicted molar refractivity (Wildman–Crippen MR) is 62.4 cm³/mol. The van der Waals surface area contributed by atoms with Gasteiger partial charge < -0.3 is 5.32 Å². The number of hydrogen-bond donors (Lipinski definition) is 1. The molecular formula is C11H23NS. The highest BCUT2D eigenvalue weighted by Gasteiger charge is 2.18. The number of rotatable bonds is 4. The van der Waals surface area contributed by atoms with Crippen molar-refractivity contribution in [3.63, 3.8) is 0 Å². The second kappa shape index (κ2) is 5.92. The summed E-state index contributed by atoms with van der Waals surface area (Å²) in [5, 5.41) is 3.72. The van der Waals surface area contributed by atoms with Gasteiger partial charge in [-0.15, -0.1) is 0 Å². The standard InChI is InChI=1S/C11H23NS/c1-9-4-6-11(7-5-9)12-10(2)8-13-3/h9-12H,4-8H2,1-3H3.